The summed E-state index contributed by atoms with van der Waals surface area (Å²) < 4.78 is 68.6. The van der Waals surface area contributed by atoms with Crippen LogP contribution >= 0.6 is 15.6 Å². The van der Waals surface area contributed by atoms with Gasteiger partial charge in [0.25, 0.3) is 0 Å². The fraction of sp³-hybridized carbons (Fsp3) is 0.950. The van der Waals surface area contributed by atoms with E-state index >= 15 is 0 Å². The van der Waals surface area contributed by atoms with Gasteiger partial charge in [0, 0.05) is 25.7 Å². The van der Waals surface area contributed by atoms with Gasteiger partial charge in [0.1, 0.15) is 19.3 Å². The van der Waals surface area contributed by atoms with Gasteiger partial charge in [-0.3, -0.25) is 37.3 Å². The summed E-state index contributed by atoms with van der Waals surface area (Å²) >= 11 is 0. The molecule has 0 amide bonds. The van der Waals surface area contributed by atoms with E-state index in [0.717, 1.165) is 95.8 Å². The number of ether oxygens (including phenoxy) is 4. The maximum absolute atomic E-state index is 13.1. The monoisotopic (exact) mass is 1450 g/mol. The van der Waals surface area contributed by atoms with Crippen molar-refractivity contribution in [2.45, 2.75) is 445 Å². The molecule has 5 atom stereocenters. The first kappa shape index (κ1) is 97.1. The van der Waals surface area contributed by atoms with Gasteiger partial charge in [-0.05, 0) is 31.6 Å². The zero-order valence-corrected chi connectivity index (χ0v) is 66.4. The van der Waals surface area contributed by atoms with Gasteiger partial charge in [0.05, 0.1) is 26.4 Å². The summed E-state index contributed by atoms with van der Waals surface area (Å²) in [6.45, 7) is 7.33. The van der Waals surface area contributed by atoms with Crippen LogP contribution in [0, 0.1) is 5.92 Å². The molecule has 17 nitrogen and oxygen atoms in total. The lowest BCUT2D eigenvalue weighted by atomic mass is 10.0. The molecule has 0 spiro atoms. The van der Waals surface area contributed by atoms with Crippen molar-refractivity contribution < 1.29 is 80.2 Å². The van der Waals surface area contributed by atoms with Crippen LogP contribution in [-0.2, 0) is 65.4 Å². The fourth-order valence-corrected chi connectivity index (χ4v) is 14.0. The molecule has 0 bridgehead atoms. The minimum absolute atomic E-state index is 0.108. The van der Waals surface area contributed by atoms with E-state index in [1.807, 2.05) is 0 Å². The number of esters is 4. The van der Waals surface area contributed by atoms with Gasteiger partial charge in [-0.25, -0.2) is 9.13 Å². The molecule has 0 aromatic carbocycles. The van der Waals surface area contributed by atoms with Crippen molar-refractivity contribution in [3.8, 4) is 0 Å². The standard InChI is InChI=1S/C80H156O17P2/c1-6-9-12-15-18-21-24-26-27-28-29-30-31-32-33-36-41-46-51-56-61-66-80(85)97-76(70-91-78(83)64-59-54-49-44-40-37-34-35-38-42-47-52-57-62-73(4)5)72-95-99(88,89)93-68-74(81)67-92-98(86,87)94-71-75(69-90-77(82)63-58-53-48-43-23-20-17-14-11-8-3)96-79(84)65-60-55-50-45-39-25-22-19-16-13-10-7-2/h73-76,81H,6-72H2,1-5H3,(H,86,87)(H,88,89)/t74-,75+,76+/m0/s1. The van der Waals surface area contributed by atoms with Crippen molar-refractivity contribution in [3.05, 3.63) is 0 Å². The van der Waals surface area contributed by atoms with Gasteiger partial charge in [0.2, 0.25) is 0 Å². The van der Waals surface area contributed by atoms with E-state index in [0.29, 0.717) is 25.7 Å². The minimum atomic E-state index is -4.96. The van der Waals surface area contributed by atoms with Crippen LogP contribution in [0.25, 0.3) is 0 Å². The van der Waals surface area contributed by atoms with E-state index in [-0.39, 0.29) is 25.7 Å². The van der Waals surface area contributed by atoms with Crippen molar-refractivity contribution in [3.63, 3.8) is 0 Å². The van der Waals surface area contributed by atoms with Crippen molar-refractivity contribution in [1.82, 2.24) is 0 Å². The number of phosphoric acid groups is 2. The average Bonchev–Trinajstić information content (AvgIpc) is 1.40. The van der Waals surface area contributed by atoms with E-state index in [1.165, 1.54) is 250 Å². The quantitative estimate of drug-likeness (QED) is 0.0222. The number of hydrogen-bond donors (Lipinski definition) is 3. The molecule has 0 rings (SSSR count). The van der Waals surface area contributed by atoms with Crippen molar-refractivity contribution in [2.24, 2.45) is 5.92 Å². The van der Waals surface area contributed by atoms with Crippen LogP contribution in [0.2, 0.25) is 0 Å². The molecule has 2 unspecified atom stereocenters. The van der Waals surface area contributed by atoms with Crippen LogP contribution in [0.15, 0.2) is 0 Å². The topological polar surface area (TPSA) is 237 Å². The van der Waals surface area contributed by atoms with E-state index < -0.39 is 97.5 Å². The minimum Gasteiger partial charge on any atom is -0.462 e. The molecular weight excluding hydrogens is 1290 g/mol. The number of hydrogen-bond acceptors (Lipinski definition) is 15. The Kier molecular flexibility index (Phi) is 71.6. The van der Waals surface area contributed by atoms with Gasteiger partial charge in [-0.1, -0.05) is 375 Å². The fourth-order valence-electron chi connectivity index (χ4n) is 12.4. The molecule has 0 saturated heterocycles. The van der Waals surface area contributed by atoms with Gasteiger partial charge in [-0.15, -0.1) is 0 Å². The summed E-state index contributed by atoms with van der Waals surface area (Å²) in [5.74, 6) is -1.32. The second kappa shape index (κ2) is 73.0. The molecule has 0 saturated carbocycles. The maximum Gasteiger partial charge on any atom is 0.472 e. The molecule has 588 valence electrons. The molecule has 0 aliphatic carbocycles. The third-order valence-corrected chi connectivity index (χ3v) is 20.7. The largest absolute Gasteiger partial charge is 0.472 e. The summed E-state index contributed by atoms with van der Waals surface area (Å²) in [6.07, 6.45) is 63.8. The van der Waals surface area contributed by atoms with Crippen LogP contribution in [0.1, 0.15) is 426 Å². The lowest BCUT2D eigenvalue weighted by molar-refractivity contribution is -0.161. The van der Waals surface area contributed by atoms with E-state index in [4.69, 9.17) is 37.0 Å². The van der Waals surface area contributed by atoms with Crippen molar-refractivity contribution in [1.29, 1.82) is 0 Å². The Morgan fingerprint density at radius 2 is 0.465 bits per heavy atom. The van der Waals surface area contributed by atoms with Crippen LogP contribution in [0.4, 0.5) is 0 Å². The van der Waals surface area contributed by atoms with Gasteiger partial charge >= 0.3 is 39.5 Å². The molecule has 0 aromatic heterocycles. The third kappa shape index (κ3) is 74.1. The molecule has 3 N–H and O–H groups in total. The number of aliphatic hydroxyl groups is 1. The summed E-state index contributed by atoms with van der Waals surface area (Å²) in [5.41, 5.74) is 0. The molecule has 0 heterocycles. The van der Waals surface area contributed by atoms with Gasteiger partial charge < -0.3 is 33.8 Å². The van der Waals surface area contributed by atoms with Crippen molar-refractivity contribution in [2.75, 3.05) is 39.6 Å². The normalized spacial score (nSPS) is 13.9. The Labute approximate surface area is 607 Å². The third-order valence-electron chi connectivity index (χ3n) is 18.8. The molecule has 99 heavy (non-hydrogen) atoms. The average molecular weight is 1450 g/mol. The number of unbranched alkanes of at least 4 members (excludes halogenated alkanes) is 52. The Balaban J connectivity index is 5.21. The van der Waals surface area contributed by atoms with E-state index in [2.05, 4.69) is 34.6 Å². The Morgan fingerprint density at radius 1 is 0.273 bits per heavy atom. The second-order valence-corrected chi connectivity index (χ2v) is 32.2. The van der Waals surface area contributed by atoms with Crippen LogP contribution < -0.4 is 0 Å². The summed E-state index contributed by atoms with van der Waals surface area (Å²) in [5, 5.41) is 10.6. The molecule has 0 fully saturated rings. The first-order valence-corrected chi connectivity index (χ1v) is 44.6. The number of carbonyl (C=O) groups is 4. The number of aliphatic hydroxyl groups excluding tert-OH is 1. The molecule has 19 heteroatoms. The highest BCUT2D eigenvalue weighted by molar-refractivity contribution is 7.47. The zero-order valence-electron chi connectivity index (χ0n) is 64.6. The highest BCUT2D eigenvalue weighted by Crippen LogP contribution is 2.45. The lowest BCUT2D eigenvalue weighted by Gasteiger charge is -2.21. The Hall–Kier alpha value is -1.94. The van der Waals surface area contributed by atoms with Gasteiger partial charge in [0.15, 0.2) is 12.2 Å². The first-order chi connectivity index (χ1) is 48.0. The zero-order chi connectivity index (χ0) is 72.7. The smallest absolute Gasteiger partial charge is 0.462 e. The van der Waals surface area contributed by atoms with E-state index in [1.54, 1.807) is 0 Å². The second-order valence-electron chi connectivity index (χ2n) is 29.3. The highest BCUT2D eigenvalue weighted by Gasteiger charge is 2.30. The number of carbonyl (C=O) groups excluding carboxylic acids is 4. The molecule has 0 aliphatic rings. The van der Waals surface area contributed by atoms with Crippen LogP contribution in [0.5, 0.6) is 0 Å². The van der Waals surface area contributed by atoms with Crippen molar-refractivity contribution >= 4 is 39.5 Å². The molecular formula is C80H156O17P2. The highest BCUT2D eigenvalue weighted by atomic mass is 31.2. The summed E-state index contributed by atoms with van der Waals surface area (Å²) in [7, 11) is -9.91. The first-order valence-electron chi connectivity index (χ1n) is 41.6. The van der Waals surface area contributed by atoms with Crippen LogP contribution in [0.3, 0.4) is 0 Å². The van der Waals surface area contributed by atoms with Gasteiger partial charge in [-0.2, -0.15) is 0 Å². The van der Waals surface area contributed by atoms with Crippen LogP contribution in [-0.4, -0.2) is 96.7 Å². The maximum atomic E-state index is 13.1. The lowest BCUT2D eigenvalue weighted by Crippen LogP contribution is -2.30. The molecule has 0 radical (unpaired) electrons. The summed E-state index contributed by atoms with van der Waals surface area (Å²) in [6, 6.07) is 0. The predicted molar refractivity (Wildman–Crippen MR) is 405 cm³/mol. The Bertz CT molecular complexity index is 1890. The number of phosphoric ester groups is 2. The molecule has 0 aromatic rings. The number of rotatable bonds is 80. The Morgan fingerprint density at radius 3 is 0.687 bits per heavy atom. The SMILES string of the molecule is CCCCCCCCCCCCCCCCCCCCCCCC(=O)O[C@H](COC(=O)CCCCCCCCCCCCCCCC(C)C)COP(=O)(O)OC[C@@H](O)COP(=O)(O)OC[C@@H](COC(=O)CCCCCCCCCCCC)OC(=O)CCCCCCCCCCCCCC. The van der Waals surface area contributed by atoms with E-state index in [9.17, 15) is 43.2 Å². The summed E-state index contributed by atoms with van der Waals surface area (Å²) in [4.78, 5) is 72.9. The predicted octanol–water partition coefficient (Wildman–Crippen LogP) is 24.0. The molecule has 0 aliphatic heterocycles.